The average molecular weight is 358 g/mol. The number of benzene rings is 1. The van der Waals surface area contributed by atoms with Crippen LogP contribution in [0.15, 0.2) is 29.2 Å². The van der Waals surface area contributed by atoms with Gasteiger partial charge in [0.1, 0.15) is 11.8 Å². The van der Waals surface area contributed by atoms with Gasteiger partial charge in [-0.1, -0.05) is 0 Å². The molecule has 0 aromatic heterocycles. The summed E-state index contributed by atoms with van der Waals surface area (Å²) in [6, 6.07) is 4.56. The van der Waals surface area contributed by atoms with E-state index in [2.05, 4.69) is 10.0 Å². The monoisotopic (exact) mass is 358 g/mol. The quantitative estimate of drug-likeness (QED) is 0.652. The van der Waals surface area contributed by atoms with Crippen LogP contribution in [0.2, 0.25) is 0 Å². The van der Waals surface area contributed by atoms with Crippen LogP contribution in [0, 0.1) is 0 Å². The maximum absolute atomic E-state index is 12.2. The number of likely N-dealkylation sites (N-methyl/N-ethyl adjacent to an activating group) is 1. The Morgan fingerprint density at radius 3 is 2.25 bits per heavy atom. The molecule has 9 heteroatoms. The summed E-state index contributed by atoms with van der Waals surface area (Å²) in [4.78, 5) is 23.4. The number of carbonyl (C=O) groups excluding carboxylic acids is 2. The lowest BCUT2D eigenvalue weighted by Gasteiger charge is -2.17. The molecule has 0 fully saturated rings. The van der Waals surface area contributed by atoms with Gasteiger partial charge in [0.25, 0.3) is 5.91 Å². The Balaban J connectivity index is 2.72. The van der Waals surface area contributed by atoms with Crippen LogP contribution in [-0.4, -0.2) is 46.1 Å². The second kappa shape index (κ2) is 8.65. The van der Waals surface area contributed by atoms with Gasteiger partial charge in [-0.3, -0.25) is 9.59 Å². The van der Waals surface area contributed by atoms with Crippen molar-refractivity contribution in [2.45, 2.75) is 37.8 Å². The Labute approximate surface area is 141 Å². The Morgan fingerprint density at radius 2 is 1.75 bits per heavy atom. The summed E-state index contributed by atoms with van der Waals surface area (Å²) < 4.78 is 36.6. The number of hydrogen-bond acceptors (Lipinski definition) is 6. The first-order valence-corrected chi connectivity index (χ1v) is 8.84. The number of rotatable bonds is 8. The van der Waals surface area contributed by atoms with E-state index in [0.717, 1.165) is 0 Å². The highest BCUT2D eigenvalue weighted by molar-refractivity contribution is 7.89. The Kier molecular flexibility index (Phi) is 7.18. The normalized spacial score (nSPS) is 13.7. The molecule has 0 bridgehead atoms. The number of ether oxygens (including phenoxy) is 2. The third-order valence-electron chi connectivity index (χ3n) is 3.07. The summed E-state index contributed by atoms with van der Waals surface area (Å²) in [7, 11) is -2.43. The molecule has 2 atom stereocenters. The van der Waals surface area contributed by atoms with Crippen molar-refractivity contribution in [3.63, 3.8) is 0 Å². The van der Waals surface area contributed by atoms with E-state index in [1.54, 1.807) is 6.92 Å². The van der Waals surface area contributed by atoms with E-state index in [0.29, 0.717) is 12.3 Å². The molecule has 8 nitrogen and oxygen atoms in total. The zero-order valence-corrected chi connectivity index (χ0v) is 14.8. The molecule has 2 N–H and O–H groups in total. The number of amides is 1. The topological polar surface area (TPSA) is 111 Å². The number of carbonyl (C=O) groups is 2. The van der Waals surface area contributed by atoms with Crippen LogP contribution in [-0.2, 0) is 24.3 Å². The second-order valence-electron chi connectivity index (χ2n) is 4.99. The maximum atomic E-state index is 12.2. The van der Waals surface area contributed by atoms with Gasteiger partial charge in [0.2, 0.25) is 10.0 Å². The van der Waals surface area contributed by atoms with Crippen molar-refractivity contribution in [1.29, 1.82) is 0 Å². The number of esters is 1. The number of sulfonamides is 1. The third kappa shape index (κ3) is 5.50. The lowest BCUT2D eigenvalue weighted by molar-refractivity contribution is -0.156. The minimum absolute atomic E-state index is 0.0141. The lowest BCUT2D eigenvalue weighted by Crippen LogP contribution is -2.43. The Bertz CT molecular complexity index is 672. The van der Waals surface area contributed by atoms with Gasteiger partial charge in [-0.05, 0) is 45.0 Å². The van der Waals surface area contributed by atoms with E-state index in [4.69, 9.17) is 9.47 Å². The fourth-order valence-corrected chi connectivity index (χ4v) is 2.94. The van der Waals surface area contributed by atoms with Gasteiger partial charge >= 0.3 is 5.97 Å². The van der Waals surface area contributed by atoms with Crippen molar-refractivity contribution in [1.82, 2.24) is 10.0 Å². The summed E-state index contributed by atoms with van der Waals surface area (Å²) in [6.07, 6.45) is -1.01. The molecule has 0 unspecified atom stereocenters. The third-order valence-corrected chi connectivity index (χ3v) is 4.63. The first kappa shape index (κ1) is 19.9. The van der Waals surface area contributed by atoms with Gasteiger partial charge in [-0.2, -0.15) is 4.72 Å². The minimum atomic E-state index is -3.90. The van der Waals surface area contributed by atoms with E-state index in [1.807, 2.05) is 0 Å². The molecule has 134 valence electrons. The minimum Gasteiger partial charge on any atom is -0.497 e. The highest BCUT2D eigenvalue weighted by atomic mass is 32.2. The molecule has 0 aliphatic rings. The van der Waals surface area contributed by atoms with Gasteiger partial charge in [-0.15, -0.1) is 0 Å². The number of nitrogens with one attached hydrogen (secondary N) is 2. The van der Waals surface area contributed by atoms with Gasteiger partial charge in [-0.25, -0.2) is 8.42 Å². The van der Waals surface area contributed by atoms with Crippen LogP contribution >= 0.6 is 0 Å². The summed E-state index contributed by atoms with van der Waals surface area (Å²) in [5.74, 6) is -0.779. The molecule has 0 heterocycles. The van der Waals surface area contributed by atoms with Crippen molar-refractivity contribution >= 4 is 21.9 Å². The number of hydrogen-bond donors (Lipinski definition) is 2. The van der Waals surface area contributed by atoms with Gasteiger partial charge in [0.05, 0.1) is 12.0 Å². The zero-order valence-electron chi connectivity index (χ0n) is 14.0. The van der Waals surface area contributed by atoms with Crippen molar-refractivity contribution in [2.75, 3.05) is 13.7 Å². The fraction of sp³-hybridized carbons (Fsp3) is 0.467. The Morgan fingerprint density at radius 1 is 1.17 bits per heavy atom. The van der Waals surface area contributed by atoms with Crippen LogP contribution in [0.5, 0.6) is 5.75 Å². The van der Waals surface area contributed by atoms with Crippen molar-refractivity contribution in [3.8, 4) is 5.75 Å². The molecule has 0 radical (unpaired) electrons. The highest BCUT2D eigenvalue weighted by Crippen LogP contribution is 2.15. The first-order chi connectivity index (χ1) is 11.2. The van der Waals surface area contributed by atoms with Crippen molar-refractivity contribution in [2.24, 2.45) is 0 Å². The maximum Gasteiger partial charge on any atom is 0.324 e. The summed E-state index contributed by atoms with van der Waals surface area (Å²) >= 11 is 0. The van der Waals surface area contributed by atoms with Gasteiger partial charge in [0.15, 0.2) is 6.10 Å². The van der Waals surface area contributed by atoms with Crippen LogP contribution in [0.4, 0.5) is 0 Å². The lowest BCUT2D eigenvalue weighted by atomic mass is 10.3. The van der Waals surface area contributed by atoms with Crippen LogP contribution < -0.4 is 14.8 Å². The van der Waals surface area contributed by atoms with Crippen LogP contribution in [0.1, 0.15) is 20.8 Å². The average Bonchev–Trinajstić information content (AvgIpc) is 2.54. The summed E-state index contributed by atoms with van der Waals surface area (Å²) in [5, 5.41) is 2.51. The predicted octanol–water partition coefficient (Wildman–Crippen LogP) is 0.430. The van der Waals surface area contributed by atoms with E-state index in [1.165, 1.54) is 45.2 Å². The standard InChI is InChI=1S/C15H22N2O6S/c1-5-16-14(18)11(3)23-15(19)10(2)17-24(20,21)13-8-6-12(22-4)7-9-13/h6-11,17H,5H2,1-4H3,(H,16,18)/t10-,11+/m0/s1. The van der Waals surface area contributed by atoms with E-state index in [9.17, 15) is 18.0 Å². The molecule has 0 aliphatic heterocycles. The molecular formula is C15H22N2O6S. The molecule has 0 aliphatic carbocycles. The molecule has 1 rings (SSSR count). The summed E-state index contributed by atoms with van der Waals surface area (Å²) in [6.45, 7) is 4.89. The van der Waals surface area contributed by atoms with Gasteiger partial charge < -0.3 is 14.8 Å². The molecular weight excluding hydrogens is 336 g/mol. The number of methoxy groups -OCH3 is 1. The van der Waals surface area contributed by atoms with Crippen LogP contribution in [0.25, 0.3) is 0 Å². The Hall–Kier alpha value is -2.13. The molecule has 0 saturated heterocycles. The van der Waals surface area contributed by atoms with Crippen molar-refractivity contribution in [3.05, 3.63) is 24.3 Å². The fourth-order valence-electron chi connectivity index (χ4n) is 1.75. The van der Waals surface area contributed by atoms with Crippen LogP contribution in [0.3, 0.4) is 0 Å². The molecule has 1 amide bonds. The van der Waals surface area contributed by atoms with E-state index >= 15 is 0 Å². The van der Waals surface area contributed by atoms with Crippen molar-refractivity contribution < 1.29 is 27.5 Å². The molecule has 1 aromatic rings. The first-order valence-electron chi connectivity index (χ1n) is 7.35. The summed E-state index contributed by atoms with van der Waals surface area (Å²) in [5.41, 5.74) is 0. The smallest absolute Gasteiger partial charge is 0.324 e. The SMILES string of the molecule is CCNC(=O)[C@@H](C)OC(=O)[C@H](C)NS(=O)(=O)c1ccc(OC)cc1. The second-order valence-corrected chi connectivity index (χ2v) is 6.71. The molecule has 24 heavy (non-hydrogen) atoms. The molecule has 1 aromatic carbocycles. The largest absolute Gasteiger partial charge is 0.497 e. The predicted molar refractivity (Wildman–Crippen MR) is 87.0 cm³/mol. The molecule has 0 spiro atoms. The molecule has 0 saturated carbocycles. The van der Waals surface area contributed by atoms with E-state index < -0.39 is 34.0 Å². The highest BCUT2D eigenvalue weighted by Gasteiger charge is 2.26. The zero-order chi connectivity index (χ0) is 18.3. The van der Waals surface area contributed by atoms with E-state index in [-0.39, 0.29) is 4.90 Å². The van der Waals surface area contributed by atoms with Gasteiger partial charge in [0, 0.05) is 6.54 Å².